The summed E-state index contributed by atoms with van der Waals surface area (Å²) in [6.07, 6.45) is 5.49. The van der Waals surface area contributed by atoms with Crippen molar-refractivity contribution in [2.45, 2.75) is 31.7 Å². The van der Waals surface area contributed by atoms with E-state index in [1.807, 2.05) is 0 Å². The summed E-state index contributed by atoms with van der Waals surface area (Å²) in [5.74, 6) is 0.100. The van der Waals surface area contributed by atoms with Gasteiger partial charge < -0.3 is 11.1 Å². The lowest BCUT2D eigenvalue weighted by atomic mass is 9.86. The monoisotopic (exact) mass is 303 g/mol. The highest BCUT2D eigenvalue weighted by molar-refractivity contribution is 9.11. The highest BCUT2D eigenvalue weighted by Crippen LogP contribution is 2.27. The van der Waals surface area contributed by atoms with Crippen LogP contribution in [0.3, 0.4) is 0 Å². The second-order valence-electron chi connectivity index (χ2n) is 4.08. The minimum atomic E-state index is 0.0476. The summed E-state index contributed by atoms with van der Waals surface area (Å²) in [5, 5.41) is 3.49. The average Bonchev–Trinajstić information content (AvgIpc) is 2.64. The fraction of sp³-hybridized carbons (Fsp3) is 0.600. The molecule has 3 N–H and O–H groups in total. The van der Waals surface area contributed by atoms with Crippen LogP contribution < -0.4 is 11.1 Å². The van der Waals surface area contributed by atoms with Crippen LogP contribution in [0, 0.1) is 5.92 Å². The molecule has 0 radical (unpaired) electrons. The van der Waals surface area contributed by atoms with Crippen LogP contribution in [0.25, 0.3) is 0 Å². The average molecular weight is 304 g/mol. The van der Waals surface area contributed by atoms with Gasteiger partial charge >= 0.3 is 0 Å². The maximum Gasteiger partial charge on any atom is 0.229 e. The molecule has 16 heavy (non-hydrogen) atoms. The first-order valence-corrected chi connectivity index (χ1v) is 6.94. The van der Waals surface area contributed by atoms with Crippen molar-refractivity contribution in [3.05, 3.63) is 9.98 Å². The Morgan fingerprint density at radius 1 is 1.62 bits per heavy atom. The Kier molecular flexibility index (Phi) is 3.94. The molecule has 88 valence electrons. The second-order valence-corrected chi connectivity index (χ2v) is 6.49. The van der Waals surface area contributed by atoms with E-state index in [4.69, 9.17) is 5.73 Å². The normalized spacial score (nSPS) is 25.4. The van der Waals surface area contributed by atoms with Crippen LogP contribution in [0.4, 0.5) is 5.13 Å². The van der Waals surface area contributed by atoms with E-state index in [-0.39, 0.29) is 17.9 Å². The summed E-state index contributed by atoms with van der Waals surface area (Å²) in [6.45, 7) is 0. The number of hydrogen-bond donors (Lipinski definition) is 2. The molecule has 1 fully saturated rings. The van der Waals surface area contributed by atoms with E-state index in [0.717, 1.165) is 29.5 Å². The standard InChI is InChI=1S/C10H14BrN3OS/c11-8-5-13-10(16-8)14-9(15)6-2-1-3-7(12)4-6/h5-7H,1-4,12H2,(H,13,14,15). The van der Waals surface area contributed by atoms with Gasteiger partial charge in [0.15, 0.2) is 5.13 Å². The van der Waals surface area contributed by atoms with Gasteiger partial charge in [0.2, 0.25) is 5.91 Å². The number of nitrogens with one attached hydrogen (secondary N) is 1. The molecule has 1 aromatic rings. The van der Waals surface area contributed by atoms with Crippen LogP contribution >= 0.6 is 27.3 Å². The third-order valence-corrected chi connectivity index (χ3v) is 4.18. The molecular weight excluding hydrogens is 290 g/mol. The van der Waals surface area contributed by atoms with Gasteiger partial charge in [-0.15, -0.1) is 0 Å². The molecule has 1 heterocycles. The zero-order valence-electron chi connectivity index (χ0n) is 8.78. The molecule has 1 saturated carbocycles. The zero-order chi connectivity index (χ0) is 11.5. The predicted molar refractivity (Wildman–Crippen MR) is 68.4 cm³/mol. The summed E-state index contributed by atoms with van der Waals surface area (Å²) in [4.78, 5) is 16.0. The fourth-order valence-corrected chi connectivity index (χ4v) is 3.09. The zero-order valence-corrected chi connectivity index (χ0v) is 11.2. The van der Waals surface area contributed by atoms with Crippen molar-refractivity contribution in [1.29, 1.82) is 0 Å². The Hall–Kier alpha value is -0.460. The predicted octanol–water partition coefficient (Wildman–Crippen LogP) is 2.36. The minimum Gasteiger partial charge on any atom is -0.328 e. The molecule has 1 aliphatic rings. The maximum atomic E-state index is 11.9. The third kappa shape index (κ3) is 3.02. The van der Waals surface area contributed by atoms with Gasteiger partial charge in [-0.2, -0.15) is 0 Å². The fourth-order valence-electron chi connectivity index (χ4n) is 1.99. The Bertz CT molecular complexity index is 382. The molecule has 0 saturated heterocycles. The topological polar surface area (TPSA) is 68.0 Å². The molecule has 6 heteroatoms. The molecule has 2 rings (SSSR count). The first kappa shape index (κ1) is 12.0. The van der Waals surface area contributed by atoms with E-state index in [0.29, 0.717) is 5.13 Å². The second kappa shape index (κ2) is 5.25. The lowest BCUT2D eigenvalue weighted by Crippen LogP contribution is -2.34. The summed E-state index contributed by atoms with van der Waals surface area (Å²) >= 11 is 4.74. The Balaban J connectivity index is 1.92. The SMILES string of the molecule is NC1CCCC(C(=O)Nc2ncc(Br)s2)C1. The van der Waals surface area contributed by atoms with Crippen molar-refractivity contribution in [2.75, 3.05) is 5.32 Å². The number of nitrogens with two attached hydrogens (primary N) is 1. The van der Waals surface area contributed by atoms with Crippen molar-refractivity contribution < 1.29 is 4.79 Å². The summed E-state index contributed by atoms with van der Waals surface area (Å²) in [7, 11) is 0. The summed E-state index contributed by atoms with van der Waals surface area (Å²) < 4.78 is 0.920. The summed E-state index contributed by atoms with van der Waals surface area (Å²) in [5.41, 5.74) is 5.86. The maximum absolute atomic E-state index is 11.9. The molecular formula is C10H14BrN3OS. The van der Waals surface area contributed by atoms with Gasteiger partial charge in [0.25, 0.3) is 0 Å². The number of aromatic nitrogens is 1. The van der Waals surface area contributed by atoms with Crippen molar-refractivity contribution in [3.63, 3.8) is 0 Å². The number of anilines is 1. The molecule has 0 aromatic carbocycles. The Morgan fingerprint density at radius 2 is 2.44 bits per heavy atom. The smallest absolute Gasteiger partial charge is 0.229 e. The van der Waals surface area contributed by atoms with E-state index < -0.39 is 0 Å². The number of carbonyl (C=O) groups excluding carboxylic acids is 1. The van der Waals surface area contributed by atoms with E-state index in [1.165, 1.54) is 11.3 Å². The van der Waals surface area contributed by atoms with Crippen LogP contribution in [-0.2, 0) is 4.79 Å². The van der Waals surface area contributed by atoms with E-state index in [9.17, 15) is 4.79 Å². The van der Waals surface area contributed by atoms with E-state index >= 15 is 0 Å². The minimum absolute atomic E-state index is 0.0476. The number of carbonyl (C=O) groups is 1. The van der Waals surface area contributed by atoms with Gasteiger partial charge in [-0.3, -0.25) is 4.79 Å². The van der Waals surface area contributed by atoms with Crippen molar-refractivity contribution >= 4 is 38.3 Å². The first-order valence-electron chi connectivity index (χ1n) is 5.33. The number of hydrogen-bond acceptors (Lipinski definition) is 4. The van der Waals surface area contributed by atoms with Gasteiger partial charge in [0, 0.05) is 12.0 Å². The number of nitrogens with zero attached hydrogens (tertiary/aromatic N) is 1. The lowest BCUT2D eigenvalue weighted by Gasteiger charge is -2.25. The van der Waals surface area contributed by atoms with Gasteiger partial charge in [0.1, 0.15) is 0 Å². The quantitative estimate of drug-likeness (QED) is 0.881. The molecule has 2 unspecified atom stereocenters. The number of thiazole rings is 1. The first-order chi connectivity index (χ1) is 7.65. The Morgan fingerprint density at radius 3 is 3.06 bits per heavy atom. The van der Waals surface area contributed by atoms with Crippen LogP contribution in [-0.4, -0.2) is 16.9 Å². The molecule has 0 spiro atoms. The lowest BCUT2D eigenvalue weighted by molar-refractivity contribution is -0.120. The number of halogens is 1. The van der Waals surface area contributed by atoms with E-state index in [1.54, 1.807) is 6.20 Å². The molecule has 2 atom stereocenters. The van der Waals surface area contributed by atoms with Crippen LogP contribution in [0.15, 0.2) is 9.98 Å². The molecule has 0 aliphatic heterocycles. The van der Waals surface area contributed by atoms with Crippen LogP contribution in [0.5, 0.6) is 0 Å². The summed E-state index contributed by atoms with van der Waals surface area (Å²) in [6, 6.07) is 0.174. The number of amides is 1. The molecule has 1 aromatic heterocycles. The third-order valence-electron chi connectivity index (χ3n) is 2.79. The largest absolute Gasteiger partial charge is 0.328 e. The van der Waals surface area contributed by atoms with Gasteiger partial charge in [0.05, 0.1) is 9.98 Å². The highest BCUT2D eigenvalue weighted by Gasteiger charge is 2.25. The van der Waals surface area contributed by atoms with Crippen molar-refractivity contribution in [2.24, 2.45) is 11.7 Å². The molecule has 1 amide bonds. The van der Waals surface area contributed by atoms with Crippen molar-refractivity contribution in [1.82, 2.24) is 4.98 Å². The molecule has 4 nitrogen and oxygen atoms in total. The Labute approximate surface area is 107 Å². The van der Waals surface area contributed by atoms with Gasteiger partial charge in [-0.05, 0) is 35.2 Å². The number of rotatable bonds is 2. The van der Waals surface area contributed by atoms with Crippen LogP contribution in [0.1, 0.15) is 25.7 Å². The van der Waals surface area contributed by atoms with Gasteiger partial charge in [-0.25, -0.2) is 4.98 Å². The molecule has 1 aliphatic carbocycles. The van der Waals surface area contributed by atoms with Gasteiger partial charge in [-0.1, -0.05) is 17.8 Å². The van der Waals surface area contributed by atoms with Crippen LogP contribution in [0.2, 0.25) is 0 Å². The van der Waals surface area contributed by atoms with E-state index in [2.05, 4.69) is 26.2 Å². The molecule has 0 bridgehead atoms. The highest BCUT2D eigenvalue weighted by atomic mass is 79.9. The van der Waals surface area contributed by atoms with Crippen molar-refractivity contribution in [3.8, 4) is 0 Å².